The zero-order valence-corrected chi connectivity index (χ0v) is 16.8. The third kappa shape index (κ3) is 5.02. The molecule has 1 aliphatic rings. The number of nitrogens with zero attached hydrogens (tertiary/aromatic N) is 3. The first-order valence-electron chi connectivity index (χ1n) is 9.74. The molecule has 0 bridgehead atoms. The summed E-state index contributed by atoms with van der Waals surface area (Å²) in [5.74, 6) is -0.263. The van der Waals surface area contributed by atoms with E-state index in [2.05, 4.69) is 15.6 Å². The summed E-state index contributed by atoms with van der Waals surface area (Å²) >= 11 is 6.00. The van der Waals surface area contributed by atoms with Gasteiger partial charge in [0.15, 0.2) is 0 Å². The Morgan fingerprint density at radius 3 is 2.72 bits per heavy atom. The number of hydrogen-bond donors (Lipinski definition) is 1. The number of benzene rings is 2. The molecule has 1 aliphatic heterocycles. The van der Waals surface area contributed by atoms with E-state index in [4.69, 9.17) is 16.3 Å². The lowest BCUT2D eigenvalue weighted by molar-refractivity contribution is -0.124. The van der Waals surface area contributed by atoms with Gasteiger partial charge >= 0.3 is 0 Å². The van der Waals surface area contributed by atoms with E-state index in [-0.39, 0.29) is 17.9 Å². The quantitative estimate of drug-likeness (QED) is 0.718. The molecule has 0 radical (unpaired) electrons. The second-order valence-corrected chi connectivity index (χ2v) is 7.69. The first-order chi connectivity index (χ1) is 14.2. The van der Waals surface area contributed by atoms with E-state index in [0.29, 0.717) is 37.6 Å². The molecule has 1 aromatic heterocycles. The molecule has 6 nitrogen and oxygen atoms in total. The molecule has 0 saturated heterocycles. The summed E-state index contributed by atoms with van der Waals surface area (Å²) in [5, 5.41) is 12.1. The first kappa shape index (κ1) is 19.6. The summed E-state index contributed by atoms with van der Waals surface area (Å²) in [6, 6.07) is 17.4. The van der Waals surface area contributed by atoms with E-state index in [1.165, 1.54) is 0 Å². The number of amides is 1. The molecule has 4 rings (SSSR count). The number of aromatic nitrogens is 3. The van der Waals surface area contributed by atoms with Crippen LogP contribution in [0.25, 0.3) is 0 Å². The van der Waals surface area contributed by atoms with Crippen molar-refractivity contribution in [3.8, 4) is 0 Å². The van der Waals surface area contributed by atoms with Gasteiger partial charge in [0, 0.05) is 11.6 Å². The molecule has 0 aliphatic carbocycles. The maximum Gasteiger partial charge on any atom is 0.227 e. The molecule has 2 heterocycles. The molecular weight excluding hydrogens is 388 g/mol. The lowest BCUT2D eigenvalue weighted by atomic mass is 9.94. The maximum atomic E-state index is 13.2. The highest BCUT2D eigenvalue weighted by Gasteiger charge is 2.25. The standard InChI is InChI=1S/C22H23ClN4O2/c23-18-8-6-16(7-9-18)12-19-14-29-15-20-13-24-26-27(20)11-10-21(22(28)25-19)17-4-2-1-3-5-17/h1-9,13,19,21H,10-12,14-15H2,(H,25,28). The van der Waals surface area contributed by atoms with Crippen LogP contribution in [0.15, 0.2) is 60.8 Å². The van der Waals surface area contributed by atoms with Gasteiger partial charge in [-0.1, -0.05) is 59.3 Å². The summed E-state index contributed by atoms with van der Waals surface area (Å²) < 4.78 is 7.73. The van der Waals surface area contributed by atoms with Gasteiger partial charge < -0.3 is 10.1 Å². The molecule has 1 N–H and O–H groups in total. The van der Waals surface area contributed by atoms with Crippen molar-refractivity contribution in [2.24, 2.45) is 0 Å². The van der Waals surface area contributed by atoms with Crippen LogP contribution >= 0.6 is 11.6 Å². The molecule has 0 fully saturated rings. The van der Waals surface area contributed by atoms with Crippen LogP contribution < -0.4 is 5.32 Å². The Morgan fingerprint density at radius 1 is 1.14 bits per heavy atom. The molecule has 1 amide bonds. The molecule has 0 spiro atoms. The fourth-order valence-electron chi connectivity index (χ4n) is 3.63. The number of ether oxygens (including phenoxy) is 1. The van der Waals surface area contributed by atoms with Crippen molar-refractivity contribution in [3.05, 3.63) is 82.6 Å². The summed E-state index contributed by atoms with van der Waals surface area (Å²) in [5.41, 5.74) is 3.01. The van der Waals surface area contributed by atoms with Gasteiger partial charge in [0.1, 0.15) is 0 Å². The van der Waals surface area contributed by atoms with Crippen LogP contribution in [0.1, 0.15) is 29.2 Å². The normalized spacial score (nSPS) is 20.4. The van der Waals surface area contributed by atoms with Gasteiger partial charge in [0.25, 0.3) is 0 Å². The molecule has 0 saturated carbocycles. The summed E-state index contributed by atoms with van der Waals surface area (Å²) in [7, 11) is 0. The summed E-state index contributed by atoms with van der Waals surface area (Å²) in [6.45, 7) is 1.42. The molecule has 29 heavy (non-hydrogen) atoms. The fourth-order valence-corrected chi connectivity index (χ4v) is 3.76. The molecule has 2 aromatic carbocycles. The molecule has 3 aromatic rings. The minimum atomic E-state index is -0.265. The van der Waals surface area contributed by atoms with Crippen molar-refractivity contribution in [1.82, 2.24) is 20.3 Å². The van der Waals surface area contributed by atoms with E-state index in [0.717, 1.165) is 16.8 Å². The predicted molar refractivity (Wildman–Crippen MR) is 111 cm³/mol. The van der Waals surface area contributed by atoms with E-state index in [1.807, 2.05) is 59.3 Å². The Balaban J connectivity index is 1.58. The topological polar surface area (TPSA) is 69.0 Å². The number of carbonyl (C=O) groups excluding carboxylic acids is 1. The fraction of sp³-hybridized carbons (Fsp3) is 0.318. The van der Waals surface area contributed by atoms with Crippen molar-refractivity contribution >= 4 is 17.5 Å². The summed E-state index contributed by atoms with van der Waals surface area (Å²) in [6.07, 6.45) is 3.03. The van der Waals surface area contributed by atoms with Gasteiger partial charge in [0.05, 0.1) is 37.1 Å². The average Bonchev–Trinajstić information content (AvgIpc) is 3.17. The number of nitrogens with one attached hydrogen (secondary N) is 1. The van der Waals surface area contributed by atoms with Crippen LogP contribution in [0.4, 0.5) is 0 Å². The van der Waals surface area contributed by atoms with Crippen LogP contribution in [0.3, 0.4) is 0 Å². The lowest BCUT2D eigenvalue weighted by Gasteiger charge is -2.22. The number of aryl methyl sites for hydroxylation is 1. The Hall–Kier alpha value is -2.70. The van der Waals surface area contributed by atoms with Crippen molar-refractivity contribution < 1.29 is 9.53 Å². The zero-order valence-electron chi connectivity index (χ0n) is 16.0. The van der Waals surface area contributed by atoms with Crippen LogP contribution in [0.2, 0.25) is 5.02 Å². The maximum absolute atomic E-state index is 13.2. The third-order valence-electron chi connectivity index (χ3n) is 5.16. The van der Waals surface area contributed by atoms with E-state index in [9.17, 15) is 4.79 Å². The van der Waals surface area contributed by atoms with Gasteiger partial charge in [-0.3, -0.25) is 4.79 Å². The third-order valence-corrected chi connectivity index (χ3v) is 5.41. The monoisotopic (exact) mass is 410 g/mol. The van der Waals surface area contributed by atoms with Crippen LogP contribution in [-0.4, -0.2) is 33.5 Å². The zero-order chi connectivity index (χ0) is 20.1. The number of rotatable bonds is 3. The molecule has 2 unspecified atom stereocenters. The van der Waals surface area contributed by atoms with Crippen molar-refractivity contribution in [3.63, 3.8) is 0 Å². The van der Waals surface area contributed by atoms with Gasteiger partial charge in [0.2, 0.25) is 5.91 Å². The van der Waals surface area contributed by atoms with Crippen molar-refractivity contribution in [2.75, 3.05) is 6.61 Å². The average molecular weight is 411 g/mol. The number of halogens is 1. The highest BCUT2D eigenvalue weighted by molar-refractivity contribution is 6.30. The second kappa shape index (κ2) is 9.20. The molecule has 150 valence electrons. The molecule has 2 atom stereocenters. The number of carbonyl (C=O) groups is 1. The van der Waals surface area contributed by atoms with Gasteiger partial charge in [-0.05, 0) is 36.1 Å². The predicted octanol–water partition coefficient (Wildman–Crippen LogP) is 3.36. The van der Waals surface area contributed by atoms with Gasteiger partial charge in [-0.15, -0.1) is 5.10 Å². The minimum absolute atomic E-state index is 0.00216. The Morgan fingerprint density at radius 2 is 1.93 bits per heavy atom. The highest BCUT2D eigenvalue weighted by atomic mass is 35.5. The van der Waals surface area contributed by atoms with Crippen LogP contribution in [-0.2, 0) is 29.1 Å². The number of hydrogen-bond acceptors (Lipinski definition) is 4. The highest BCUT2D eigenvalue weighted by Crippen LogP contribution is 2.22. The Kier molecular flexibility index (Phi) is 6.22. The van der Waals surface area contributed by atoms with Gasteiger partial charge in [-0.2, -0.15) is 0 Å². The lowest BCUT2D eigenvalue weighted by Crippen LogP contribution is -2.42. The van der Waals surface area contributed by atoms with E-state index >= 15 is 0 Å². The molecular formula is C22H23ClN4O2. The molecule has 7 heteroatoms. The Labute approximate surface area is 174 Å². The van der Waals surface area contributed by atoms with E-state index in [1.54, 1.807) is 6.20 Å². The smallest absolute Gasteiger partial charge is 0.227 e. The van der Waals surface area contributed by atoms with Crippen molar-refractivity contribution in [1.29, 1.82) is 0 Å². The van der Waals surface area contributed by atoms with Crippen LogP contribution in [0, 0.1) is 0 Å². The summed E-state index contributed by atoms with van der Waals surface area (Å²) in [4.78, 5) is 13.2. The van der Waals surface area contributed by atoms with Gasteiger partial charge in [-0.25, -0.2) is 4.68 Å². The number of fused-ring (bicyclic) bond motifs is 1. The van der Waals surface area contributed by atoms with Crippen LogP contribution in [0.5, 0.6) is 0 Å². The van der Waals surface area contributed by atoms with Crippen molar-refractivity contribution in [2.45, 2.75) is 38.0 Å². The second-order valence-electron chi connectivity index (χ2n) is 7.25. The largest absolute Gasteiger partial charge is 0.373 e. The Bertz CT molecular complexity index is 943. The first-order valence-corrected chi connectivity index (χ1v) is 10.1. The minimum Gasteiger partial charge on any atom is -0.373 e. The van der Waals surface area contributed by atoms with E-state index < -0.39 is 0 Å². The SMILES string of the molecule is O=C1NC(Cc2ccc(Cl)cc2)COCc2cnnn2CCC1c1ccccc1.